The molecule has 4 N–H and O–H groups in total. The Bertz CT molecular complexity index is 349. The Morgan fingerprint density at radius 3 is 2.44 bits per heavy atom. The molecule has 0 aliphatic heterocycles. The van der Waals surface area contributed by atoms with Crippen LogP contribution in [0.3, 0.4) is 0 Å². The fourth-order valence-corrected chi connectivity index (χ4v) is 2.02. The van der Waals surface area contributed by atoms with Crippen molar-refractivity contribution >= 4 is 15.9 Å². The lowest BCUT2D eigenvalue weighted by Crippen LogP contribution is -2.58. The van der Waals surface area contributed by atoms with E-state index in [2.05, 4.69) is 10.0 Å². The minimum atomic E-state index is -3.13. The predicted molar refractivity (Wildman–Crippen MR) is 61.2 cm³/mol. The van der Waals surface area contributed by atoms with Gasteiger partial charge in [-0.2, -0.15) is 0 Å². The summed E-state index contributed by atoms with van der Waals surface area (Å²) >= 11 is 0. The summed E-state index contributed by atoms with van der Waals surface area (Å²) in [6.45, 7) is 0.775. The van der Waals surface area contributed by atoms with Gasteiger partial charge in [0, 0.05) is 13.1 Å². The molecular formula is C9H19N3O3S. The number of carbonyl (C=O) groups excluding carboxylic acids is 1. The van der Waals surface area contributed by atoms with Gasteiger partial charge < -0.3 is 11.1 Å². The van der Waals surface area contributed by atoms with Gasteiger partial charge in [0.2, 0.25) is 15.9 Å². The third kappa shape index (κ3) is 4.07. The molecule has 0 aromatic carbocycles. The highest BCUT2D eigenvalue weighted by Gasteiger charge is 2.39. The second-order valence-electron chi connectivity index (χ2n) is 4.29. The molecule has 1 fully saturated rings. The molecule has 0 aromatic heterocycles. The van der Waals surface area contributed by atoms with Crippen LogP contribution in [0.2, 0.25) is 0 Å². The summed E-state index contributed by atoms with van der Waals surface area (Å²) in [6.07, 6.45) is 4.14. The van der Waals surface area contributed by atoms with E-state index in [1.807, 2.05) is 0 Å². The molecule has 0 atom stereocenters. The van der Waals surface area contributed by atoms with Crippen molar-refractivity contribution in [1.29, 1.82) is 0 Å². The molecule has 6 nitrogen and oxygen atoms in total. The topological polar surface area (TPSA) is 101 Å². The van der Waals surface area contributed by atoms with Gasteiger partial charge in [0.05, 0.1) is 11.8 Å². The largest absolute Gasteiger partial charge is 0.354 e. The normalized spacial score (nSPS) is 18.9. The maximum absolute atomic E-state index is 11.5. The first kappa shape index (κ1) is 13.4. The fraction of sp³-hybridized carbons (Fsp3) is 0.889. The van der Waals surface area contributed by atoms with Crippen LogP contribution in [0.4, 0.5) is 0 Å². The van der Waals surface area contributed by atoms with Gasteiger partial charge in [-0.1, -0.05) is 0 Å². The van der Waals surface area contributed by atoms with Gasteiger partial charge in [0.1, 0.15) is 0 Å². The van der Waals surface area contributed by atoms with E-state index in [4.69, 9.17) is 5.73 Å². The van der Waals surface area contributed by atoms with E-state index in [1.165, 1.54) is 0 Å². The summed E-state index contributed by atoms with van der Waals surface area (Å²) in [5.74, 6) is -0.127. The molecule has 0 unspecified atom stereocenters. The number of hydrogen-bond acceptors (Lipinski definition) is 4. The Morgan fingerprint density at radius 1 is 1.38 bits per heavy atom. The summed E-state index contributed by atoms with van der Waals surface area (Å²) in [5.41, 5.74) is 5.13. The summed E-state index contributed by atoms with van der Waals surface area (Å²) in [7, 11) is -3.13. The quantitative estimate of drug-likeness (QED) is 0.521. The van der Waals surface area contributed by atoms with Crippen molar-refractivity contribution in [2.45, 2.75) is 31.2 Å². The van der Waals surface area contributed by atoms with E-state index in [-0.39, 0.29) is 5.91 Å². The number of nitrogens with one attached hydrogen (secondary N) is 2. The lowest BCUT2D eigenvalue weighted by atomic mass is 9.77. The van der Waals surface area contributed by atoms with Crippen LogP contribution < -0.4 is 15.8 Å². The molecule has 0 radical (unpaired) electrons. The summed E-state index contributed by atoms with van der Waals surface area (Å²) in [4.78, 5) is 11.5. The molecule has 0 heterocycles. The summed E-state index contributed by atoms with van der Waals surface area (Å²) in [6, 6.07) is 0. The highest BCUT2D eigenvalue weighted by atomic mass is 32.2. The number of rotatable bonds is 6. The van der Waals surface area contributed by atoms with Crippen molar-refractivity contribution < 1.29 is 13.2 Å². The van der Waals surface area contributed by atoms with E-state index in [0.717, 1.165) is 25.5 Å². The van der Waals surface area contributed by atoms with E-state index in [9.17, 15) is 13.2 Å². The lowest BCUT2D eigenvalue weighted by molar-refractivity contribution is -0.129. The lowest BCUT2D eigenvalue weighted by Gasteiger charge is -2.36. The van der Waals surface area contributed by atoms with Gasteiger partial charge in [-0.3, -0.25) is 4.79 Å². The maximum atomic E-state index is 11.5. The van der Waals surface area contributed by atoms with Crippen molar-refractivity contribution in [2.24, 2.45) is 5.73 Å². The van der Waals surface area contributed by atoms with Gasteiger partial charge >= 0.3 is 0 Å². The van der Waals surface area contributed by atoms with Crippen LogP contribution in [-0.2, 0) is 14.8 Å². The number of nitrogens with two attached hydrogens (primary N) is 1. The summed E-state index contributed by atoms with van der Waals surface area (Å²) < 4.78 is 23.8. The molecule has 94 valence electrons. The molecular weight excluding hydrogens is 230 g/mol. The first-order valence-corrected chi connectivity index (χ1v) is 7.24. The highest BCUT2D eigenvalue weighted by Crippen LogP contribution is 2.28. The fourth-order valence-electron chi connectivity index (χ4n) is 1.51. The monoisotopic (exact) mass is 249 g/mol. The van der Waals surface area contributed by atoms with Crippen LogP contribution >= 0.6 is 0 Å². The van der Waals surface area contributed by atoms with Crippen LogP contribution in [0.15, 0.2) is 0 Å². The molecule has 0 spiro atoms. The first-order chi connectivity index (χ1) is 7.33. The summed E-state index contributed by atoms with van der Waals surface area (Å²) in [5, 5.41) is 2.71. The predicted octanol–water partition coefficient (Wildman–Crippen LogP) is -1.08. The van der Waals surface area contributed by atoms with Crippen LogP contribution in [-0.4, -0.2) is 39.2 Å². The van der Waals surface area contributed by atoms with Gasteiger partial charge in [-0.25, -0.2) is 13.1 Å². The molecule has 0 aromatic rings. The third-order valence-corrected chi connectivity index (χ3v) is 3.43. The zero-order chi connectivity index (χ0) is 12.2. The maximum Gasteiger partial charge on any atom is 0.240 e. The third-order valence-electron chi connectivity index (χ3n) is 2.70. The van der Waals surface area contributed by atoms with Crippen molar-refractivity contribution in [1.82, 2.24) is 10.0 Å². The molecule has 16 heavy (non-hydrogen) atoms. The van der Waals surface area contributed by atoms with Crippen LogP contribution in [0, 0.1) is 0 Å². The Kier molecular flexibility index (Phi) is 4.28. The standard InChI is InChI=1S/C9H19N3O3S/c1-16(14,15)12-7-3-6-11-8(13)9(10)4-2-5-9/h12H,2-7,10H2,1H3,(H,11,13). The second kappa shape index (κ2) is 5.11. The SMILES string of the molecule is CS(=O)(=O)NCCCNC(=O)C1(N)CCC1. The van der Waals surface area contributed by atoms with Crippen LogP contribution in [0.1, 0.15) is 25.7 Å². The van der Waals surface area contributed by atoms with Crippen LogP contribution in [0.5, 0.6) is 0 Å². The smallest absolute Gasteiger partial charge is 0.240 e. The molecule has 1 rings (SSSR count). The zero-order valence-electron chi connectivity index (χ0n) is 9.45. The number of sulfonamides is 1. The second-order valence-corrected chi connectivity index (χ2v) is 6.12. The first-order valence-electron chi connectivity index (χ1n) is 5.35. The van der Waals surface area contributed by atoms with Gasteiger partial charge in [0.25, 0.3) is 0 Å². The minimum Gasteiger partial charge on any atom is -0.354 e. The van der Waals surface area contributed by atoms with Crippen molar-refractivity contribution in [3.05, 3.63) is 0 Å². The van der Waals surface area contributed by atoms with Crippen LogP contribution in [0.25, 0.3) is 0 Å². The Balaban J connectivity index is 2.10. The number of amides is 1. The van der Waals surface area contributed by atoms with Crippen molar-refractivity contribution in [3.63, 3.8) is 0 Å². The Morgan fingerprint density at radius 2 is 2.00 bits per heavy atom. The molecule has 1 saturated carbocycles. The molecule has 1 aliphatic carbocycles. The van der Waals surface area contributed by atoms with E-state index in [0.29, 0.717) is 19.5 Å². The van der Waals surface area contributed by atoms with Crippen molar-refractivity contribution in [3.8, 4) is 0 Å². The Hall–Kier alpha value is -0.660. The minimum absolute atomic E-state index is 0.127. The Labute approximate surface area is 96.0 Å². The highest BCUT2D eigenvalue weighted by molar-refractivity contribution is 7.88. The molecule has 1 amide bonds. The average Bonchev–Trinajstić information content (AvgIpc) is 2.11. The van der Waals surface area contributed by atoms with E-state index >= 15 is 0 Å². The van der Waals surface area contributed by atoms with Gasteiger partial charge in [-0.15, -0.1) is 0 Å². The zero-order valence-corrected chi connectivity index (χ0v) is 10.3. The number of hydrogen-bond donors (Lipinski definition) is 3. The van der Waals surface area contributed by atoms with Gasteiger partial charge in [-0.05, 0) is 25.7 Å². The van der Waals surface area contributed by atoms with E-state index < -0.39 is 15.6 Å². The van der Waals surface area contributed by atoms with Crippen molar-refractivity contribution in [2.75, 3.05) is 19.3 Å². The molecule has 7 heteroatoms. The van der Waals surface area contributed by atoms with Gasteiger partial charge in [0.15, 0.2) is 0 Å². The number of carbonyl (C=O) groups is 1. The van der Waals surface area contributed by atoms with E-state index in [1.54, 1.807) is 0 Å². The average molecular weight is 249 g/mol. The molecule has 0 saturated heterocycles. The molecule has 1 aliphatic rings. The molecule has 0 bridgehead atoms.